The van der Waals surface area contributed by atoms with Gasteiger partial charge in [-0.3, -0.25) is 4.79 Å². The molecule has 0 bridgehead atoms. The number of imidazole rings is 1. The molecule has 0 atom stereocenters. The molecule has 1 heterocycles. The molecule has 0 saturated carbocycles. The van der Waals surface area contributed by atoms with Gasteiger partial charge in [0.05, 0.1) is 13.4 Å². The van der Waals surface area contributed by atoms with E-state index in [-0.39, 0.29) is 6.54 Å². The first-order valence-corrected chi connectivity index (χ1v) is 6.20. The van der Waals surface area contributed by atoms with E-state index >= 15 is 0 Å². The average Bonchev–Trinajstić information content (AvgIpc) is 2.69. The summed E-state index contributed by atoms with van der Waals surface area (Å²) in [5, 5.41) is 0. The van der Waals surface area contributed by atoms with Crippen molar-refractivity contribution in [2.24, 2.45) is 0 Å². The Morgan fingerprint density at radius 2 is 2.38 bits per heavy atom. The Bertz CT molecular complexity index is 426. The molecule has 16 heavy (non-hydrogen) atoms. The summed E-state index contributed by atoms with van der Waals surface area (Å²) in [6.45, 7) is 0.210. The maximum Gasteiger partial charge on any atom is 0.322 e. The molecule has 0 saturated heterocycles. The lowest BCUT2D eigenvalue weighted by Crippen LogP contribution is -2.32. The number of H-pyrrole nitrogens is 1. The van der Waals surface area contributed by atoms with E-state index in [1.165, 1.54) is 6.33 Å². The van der Waals surface area contributed by atoms with Crippen molar-refractivity contribution in [2.75, 3.05) is 19.4 Å². The molecule has 90 valence electrons. The molecule has 0 aliphatic carbocycles. The summed E-state index contributed by atoms with van der Waals surface area (Å²) in [4.78, 5) is 17.4. The summed E-state index contributed by atoms with van der Waals surface area (Å²) in [6, 6.07) is 0. The monoisotopic (exact) mass is 247 g/mol. The minimum Gasteiger partial charge on any atom is -0.468 e. The van der Waals surface area contributed by atoms with Gasteiger partial charge < -0.3 is 9.72 Å². The van der Waals surface area contributed by atoms with Gasteiger partial charge in [0.2, 0.25) is 10.0 Å². The van der Waals surface area contributed by atoms with Gasteiger partial charge in [-0.2, -0.15) is 0 Å². The Morgan fingerprint density at radius 3 is 2.94 bits per heavy atom. The lowest BCUT2D eigenvalue weighted by molar-refractivity contribution is -0.137. The van der Waals surface area contributed by atoms with Crippen LogP contribution in [0, 0.1) is 0 Å². The largest absolute Gasteiger partial charge is 0.468 e. The maximum absolute atomic E-state index is 11.3. The fraction of sp³-hybridized carbons (Fsp3) is 0.500. The number of aromatic nitrogens is 2. The van der Waals surface area contributed by atoms with Crippen LogP contribution in [0.4, 0.5) is 0 Å². The predicted octanol–water partition coefficient (Wildman–Crippen LogP) is -0.955. The van der Waals surface area contributed by atoms with Crippen LogP contribution in [0.25, 0.3) is 0 Å². The van der Waals surface area contributed by atoms with Crippen LogP contribution >= 0.6 is 0 Å². The second-order valence-electron chi connectivity index (χ2n) is 3.06. The SMILES string of the molecule is COC(=O)CS(=O)(=O)NCCc1cnc[nH]1. The molecular formula is C8H13N3O4S. The van der Waals surface area contributed by atoms with Crippen molar-refractivity contribution < 1.29 is 17.9 Å². The third-order valence-electron chi connectivity index (χ3n) is 1.81. The zero-order chi connectivity index (χ0) is 12.0. The van der Waals surface area contributed by atoms with Gasteiger partial charge in [-0.1, -0.05) is 0 Å². The lowest BCUT2D eigenvalue weighted by atomic mass is 10.3. The summed E-state index contributed by atoms with van der Waals surface area (Å²) in [7, 11) is -2.46. The minimum absolute atomic E-state index is 0.210. The van der Waals surface area contributed by atoms with Gasteiger partial charge in [-0.15, -0.1) is 0 Å². The highest BCUT2D eigenvalue weighted by Crippen LogP contribution is 1.92. The van der Waals surface area contributed by atoms with Crippen molar-refractivity contribution in [3.8, 4) is 0 Å². The molecule has 0 aliphatic rings. The number of methoxy groups -OCH3 is 1. The summed E-state index contributed by atoms with van der Waals surface area (Å²) >= 11 is 0. The number of aromatic amines is 1. The number of esters is 1. The summed E-state index contributed by atoms with van der Waals surface area (Å²) in [5.41, 5.74) is 0.820. The fourth-order valence-electron chi connectivity index (χ4n) is 1.03. The number of sulfonamides is 1. The van der Waals surface area contributed by atoms with Crippen LogP contribution in [0.2, 0.25) is 0 Å². The normalized spacial score (nSPS) is 11.3. The van der Waals surface area contributed by atoms with Crippen LogP contribution in [0.5, 0.6) is 0 Å². The molecule has 8 heteroatoms. The Hall–Kier alpha value is -1.41. The molecule has 0 aromatic carbocycles. The van der Waals surface area contributed by atoms with Crippen molar-refractivity contribution in [2.45, 2.75) is 6.42 Å². The number of carbonyl (C=O) groups excluding carboxylic acids is 1. The van der Waals surface area contributed by atoms with Crippen LogP contribution < -0.4 is 4.72 Å². The Balaban J connectivity index is 2.34. The van der Waals surface area contributed by atoms with E-state index in [0.717, 1.165) is 12.8 Å². The van der Waals surface area contributed by atoms with E-state index in [1.807, 2.05) is 0 Å². The quantitative estimate of drug-likeness (QED) is 0.631. The maximum atomic E-state index is 11.3. The summed E-state index contributed by atoms with van der Waals surface area (Å²) in [5.74, 6) is -1.44. The van der Waals surface area contributed by atoms with Gasteiger partial charge in [-0.25, -0.2) is 18.1 Å². The topological polar surface area (TPSA) is 101 Å². The molecule has 1 aromatic heterocycles. The highest BCUT2D eigenvalue weighted by atomic mass is 32.2. The molecule has 1 aromatic rings. The summed E-state index contributed by atoms with van der Waals surface area (Å²) in [6.07, 6.45) is 3.60. The van der Waals surface area contributed by atoms with Gasteiger partial charge in [0, 0.05) is 24.9 Å². The van der Waals surface area contributed by atoms with E-state index in [0.29, 0.717) is 6.42 Å². The van der Waals surface area contributed by atoms with Gasteiger partial charge in [0.25, 0.3) is 0 Å². The lowest BCUT2D eigenvalue weighted by Gasteiger charge is -2.04. The molecule has 0 unspecified atom stereocenters. The smallest absolute Gasteiger partial charge is 0.322 e. The second kappa shape index (κ2) is 5.61. The number of rotatable bonds is 6. The standard InChI is InChI=1S/C8H13N3O4S/c1-15-8(12)5-16(13,14)11-3-2-7-4-9-6-10-7/h4,6,11H,2-3,5H2,1H3,(H,9,10). The highest BCUT2D eigenvalue weighted by Gasteiger charge is 2.15. The first-order chi connectivity index (χ1) is 7.53. The molecule has 2 N–H and O–H groups in total. The number of nitrogens with zero attached hydrogens (tertiary/aromatic N) is 1. The molecule has 0 amide bonds. The van der Waals surface area contributed by atoms with E-state index in [1.54, 1.807) is 6.20 Å². The Kier molecular flexibility index (Phi) is 4.44. The van der Waals surface area contributed by atoms with E-state index < -0.39 is 21.7 Å². The number of ether oxygens (including phenoxy) is 1. The van der Waals surface area contributed by atoms with Gasteiger partial charge in [0.1, 0.15) is 0 Å². The predicted molar refractivity (Wildman–Crippen MR) is 56.1 cm³/mol. The zero-order valence-electron chi connectivity index (χ0n) is 8.76. The van der Waals surface area contributed by atoms with Gasteiger partial charge >= 0.3 is 5.97 Å². The molecule has 0 radical (unpaired) electrons. The number of hydrogen-bond donors (Lipinski definition) is 2. The van der Waals surface area contributed by atoms with Crippen molar-refractivity contribution >= 4 is 16.0 Å². The number of nitrogens with one attached hydrogen (secondary N) is 2. The molecule has 0 spiro atoms. The van der Waals surface area contributed by atoms with Crippen molar-refractivity contribution in [3.05, 3.63) is 18.2 Å². The first kappa shape index (κ1) is 12.7. The fourth-order valence-corrected chi connectivity index (χ4v) is 1.97. The molecule has 0 aliphatic heterocycles. The van der Waals surface area contributed by atoms with Crippen LogP contribution in [-0.4, -0.2) is 43.8 Å². The Morgan fingerprint density at radius 1 is 1.62 bits per heavy atom. The van der Waals surface area contributed by atoms with Crippen molar-refractivity contribution in [3.63, 3.8) is 0 Å². The molecule has 1 rings (SSSR count). The number of carbonyl (C=O) groups is 1. The summed E-state index contributed by atoms with van der Waals surface area (Å²) < 4.78 is 29.1. The number of hydrogen-bond acceptors (Lipinski definition) is 5. The van der Waals surface area contributed by atoms with E-state index in [4.69, 9.17) is 0 Å². The first-order valence-electron chi connectivity index (χ1n) is 4.55. The molecular weight excluding hydrogens is 234 g/mol. The van der Waals surface area contributed by atoms with Gasteiger partial charge in [-0.05, 0) is 0 Å². The molecule has 7 nitrogen and oxygen atoms in total. The van der Waals surface area contributed by atoms with Crippen molar-refractivity contribution in [1.29, 1.82) is 0 Å². The zero-order valence-corrected chi connectivity index (χ0v) is 9.58. The van der Waals surface area contributed by atoms with E-state index in [2.05, 4.69) is 19.4 Å². The molecule has 0 fully saturated rings. The van der Waals surface area contributed by atoms with E-state index in [9.17, 15) is 13.2 Å². The van der Waals surface area contributed by atoms with Crippen LogP contribution in [0.1, 0.15) is 5.69 Å². The Labute approximate surface area is 93.3 Å². The van der Waals surface area contributed by atoms with Crippen LogP contribution in [0.15, 0.2) is 12.5 Å². The highest BCUT2D eigenvalue weighted by molar-refractivity contribution is 7.90. The third kappa shape index (κ3) is 4.41. The van der Waals surface area contributed by atoms with Crippen LogP contribution in [-0.2, 0) is 26.0 Å². The van der Waals surface area contributed by atoms with Crippen molar-refractivity contribution in [1.82, 2.24) is 14.7 Å². The second-order valence-corrected chi connectivity index (χ2v) is 4.86. The average molecular weight is 247 g/mol. The van der Waals surface area contributed by atoms with Gasteiger partial charge in [0.15, 0.2) is 5.75 Å². The minimum atomic E-state index is -3.60. The third-order valence-corrected chi connectivity index (χ3v) is 3.07. The van der Waals surface area contributed by atoms with Crippen LogP contribution in [0.3, 0.4) is 0 Å².